The lowest BCUT2D eigenvalue weighted by molar-refractivity contribution is -0.143. The van der Waals surface area contributed by atoms with Gasteiger partial charge < -0.3 is 14.2 Å². The lowest BCUT2D eigenvalue weighted by Crippen LogP contribution is -2.58. The zero-order valence-electron chi connectivity index (χ0n) is 25.8. The van der Waals surface area contributed by atoms with Crippen LogP contribution in [0.3, 0.4) is 0 Å². The highest BCUT2D eigenvalue weighted by atomic mass is 19.4. The summed E-state index contributed by atoms with van der Waals surface area (Å²) >= 11 is 0. The van der Waals surface area contributed by atoms with Crippen molar-refractivity contribution >= 4 is 11.8 Å². The van der Waals surface area contributed by atoms with Crippen molar-refractivity contribution in [3.05, 3.63) is 94.9 Å². The molecule has 0 bridgehead atoms. The van der Waals surface area contributed by atoms with Crippen molar-refractivity contribution in [1.29, 1.82) is 0 Å². The Kier molecular flexibility index (Phi) is 9.17. The van der Waals surface area contributed by atoms with Gasteiger partial charge in [-0.15, -0.1) is 0 Å². The Labute approximate surface area is 269 Å². The van der Waals surface area contributed by atoms with Crippen molar-refractivity contribution in [3.8, 4) is 0 Å². The molecule has 2 aromatic carbocycles. The Morgan fingerprint density at radius 3 is 2.13 bits per heavy atom. The predicted octanol–water partition coefficient (Wildman–Crippen LogP) is 7.55. The molecule has 12 heteroatoms. The van der Waals surface area contributed by atoms with Gasteiger partial charge in [0.15, 0.2) is 0 Å². The molecule has 6 rings (SSSR count). The predicted molar refractivity (Wildman–Crippen MR) is 162 cm³/mol. The van der Waals surface area contributed by atoms with Crippen LogP contribution in [0.2, 0.25) is 0 Å². The molecule has 3 aliphatic rings. The number of amides is 2. The summed E-state index contributed by atoms with van der Waals surface area (Å²) in [6, 6.07) is 11.8. The molecule has 0 radical (unpaired) electrons. The number of hydrogen-bond donors (Lipinski definition) is 0. The third-order valence-electron chi connectivity index (χ3n) is 10.0. The minimum atomic E-state index is -5.05. The SMILES string of the molecule is O=C(c1ccoc1)N1CCCC2(CCCN(C3CCN(C(=O)c4cc(C(F)(F)F)cc(C(F)(F)F)c4)C(Cc4ccccc4)C3)C2)C1. The van der Waals surface area contributed by atoms with Crippen LogP contribution < -0.4 is 0 Å². The maximum Gasteiger partial charge on any atom is 0.416 e. The van der Waals surface area contributed by atoms with E-state index >= 15 is 0 Å². The number of alkyl halides is 6. The average Bonchev–Trinajstić information content (AvgIpc) is 3.59. The molecule has 47 heavy (non-hydrogen) atoms. The van der Waals surface area contributed by atoms with Gasteiger partial charge in [0.1, 0.15) is 6.26 Å². The molecule has 0 N–H and O–H groups in total. The highest BCUT2D eigenvalue weighted by molar-refractivity contribution is 5.95. The molecule has 1 aromatic heterocycles. The minimum absolute atomic E-state index is 0.0474. The number of furan rings is 1. The lowest BCUT2D eigenvalue weighted by atomic mass is 9.73. The van der Waals surface area contributed by atoms with Crippen molar-refractivity contribution in [2.45, 2.75) is 69.4 Å². The number of hydrogen-bond acceptors (Lipinski definition) is 4. The summed E-state index contributed by atoms with van der Waals surface area (Å²) in [7, 11) is 0. The van der Waals surface area contributed by atoms with Gasteiger partial charge in [0.05, 0.1) is 23.0 Å². The van der Waals surface area contributed by atoms with E-state index in [0.29, 0.717) is 50.0 Å². The van der Waals surface area contributed by atoms with Crippen molar-refractivity contribution in [3.63, 3.8) is 0 Å². The van der Waals surface area contributed by atoms with Gasteiger partial charge in [0.25, 0.3) is 11.8 Å². The molecule has 3 saturated heterocycles. The molecule has 3 aliphatic heterocycles. The summed E-state index contributed by atoms with van der Waals surface area (Å²) in [4.78, 5) is 32.8. The summed E-state index contributed by atoms with van der Waals surface area (Å²) in [5, 5.41) is 0. The summed E-state index contributed by atoms with van der Waals surface area (Å²) in [5.41, 5.74) is -2.26. The lowest BCUT2D eigenvalue weighted by Gasteiger charge is -2.52. The number of carbonyl (C=O) groups is 2. The second-order valence-electron chi connectivity index (χ2n) is 13.2. The molecule has 4 heterocycles. The molecule has 2 amide bonds. The number of benzene rings is 2. The zero-order chi connectivity index (χ0) is 33.4. The highest BCUT2D eigenvalue weighted by Gasteiger charge is 2.44. The van der Waals surface area contributed by atoms with Crippen LogP contribution >= 0.6 is 0 Å². The molecule has 1 spiro atoms. The van der Waals surface area contributed by atoms with Crippen LogP contribution in [0.5, 0.6) is 0 Å². The maximum atomic E-state index is 13.8. The fourth-order valence-electron chi connectivity index (χ4n) is 7.79. The van der Waals surface area contributed by atoms with E-state index in [-0.39, 0.29) is 30.0 Å². The molecular formula is C35H37F6N3O3. The molecule has 3 atom stereocenters. The van der Waals surface area contributed by atoms with Gasteiger partial charge in [-0.2, -0.15) is 26.3 Å². The molecule has 3 fully saturated rings. The van der Waals surface area contributed by atoms with Gasteiger partial charge in [0.2, 0.25) is 0 Å². The smallest absolute Gasteiger partial charge is 0.416 e. The van der Waals surface area contributed by atoms with E-state index in [1.54, 1.807) is 6.07 Å². The first kappa shape index (κ1) is 33.1. The van der Waals surface area contributed by atoms with Gasteiger partial charge in [-0.1, -0.05) is 30.3 Å². The number of carbonyl (C=O) groups excluding carboxylic acids is 2. The fourth-order valence-corrected chi connectivity index (χ4v) is 7.79. The van der Waals surface area contributed by atoms with Crippen LogP contribution in [0.15, 0.2) is 71.5 Å². The molecule has 0 aliphatic carbocycles. The van der Waals surface area contributed by atoms with E-state index in [4.69, 9.17) is 4.42 Å². The largest absolute Gasteiger partial charge is 0.472 e. The second-order valence-corrected chi connectivity index (χ2v) is 13.2. The van der Waals surface area contributed by atoms with E-state index in [0.717, 1.165) is 44.3 Å². The number of rotatable bonds is 5. The number of nitrogens with zero attached hydrogens (tertiary/aromatic N) is 3. The summed E-state index contributed by atoms with van der Waals surface area (Å²) < 4.78 is 86.9. The third-order valence-corrected chi connectivity index (χ3v) is 10.0. The quantitative estimate of drug-likeness (QED) is 0.265. The van der Waals surface area contributed by atoms with E-state index in [1.807, 2.05) is 35.2 Å². The monoisotopic (exact) mass is 661 g/mol. The maximum absolute atomic E-state index is 13.8. The van der Waals surface area contributed by atoms with Crippen molar-refractivity contribution in [1.82, 2.24) is 14.7 Å². The van der Waals surface area contributed by atoms with Crippen LogP contribution in [-0.4, -0.2) is 71.3 Å². The normalized spacial score (nSPS) is 24.5. The Bertz CT molecular complexity index is 1520. The van der Waals surface area contributed by atoms with Gasteiger partial charge in [0, 0.05) is 49.2 Å². The Morgan fingerprint density at radius 2 is 1.49 bits per heavy atom. The summed E-state index contributed by atoms with van der Waals surface area (Å²) in [5.74, 6) is -0.884. The third kappa shape index (κ3) is 7.37. The molecule has 252 valence electrons. The van der Waals surface area contributed by atoms with Gasteiger partial charge in [-0.3, -0.25) is 14.5 Å². The fraction of sp³-hybridized carbons (Fsp3) is 0.486. The van der Waals surface area contributed by atoms with Crippen LogP contribution in [0.1, 0.15) is 75.9 Å². The summed E-state index contributed by atoms with van der Waals surface area (Å²) in [6.45, 7) is 3.14. The van der Waals surface area contributed by atoms with Gasteiger partial charge in [-0.25, -0.2) is 0 Å². The highest BCUT2D eigenvalue weighted by Crippen LogP contribution is 2.42. The van der Waals surface area contributed by atoms with Gasteiger partial charge in [-0.05, 0) is 81.3 Å². The Balaban J connectivity index is 1.23. The van der Waals surface area contributed by atoms with Crippen LogP contribution in [0, 0.1) is 5.41 Å². The summed E-state index contributed by atoms with van der Waals surface area (Å²) in [6.07, 6.45) is -1.86. The van der Waals surface area contributed by atoms with E-state index in [1.165, 1.54) is 17.4 Å². The molecule has 6 nitrogen and oxygen atoms in total. The first-order valence-corrected chi connectivity index (χ1v) is 16.0. The molecule has 3 aromatic rings. The Hall–Kier alpha value is -3.80. The first-order valence-electron chi connectivity index (χ1n) is 16.0. The van der Waals surface area contributed by atoms with E-state index in [9.17, 15) is 35.9 Å². The molecule has 3 unspecified atom stereocenters. The minimum Gasteiger partial charge on any atom is -0.472 e. The van der Waals surface area contributed by atoms with Crippen molar-refractivity contribution in [2.75, 3.05) is 32.7 Å². The van der Waals surface area contributed by atoms with Crippen LogP contribution in [-0.2, 0) is 18.8 Å². The van der Waals surface area contributed by atoms with E-state index < -0.39 is 41.0 Å². The zero-order valence-corrected chi connectivity index (χ0v) is 25.8. The van der Waals surface area contributed by atoms with Crippen molar-refractivity contribution < 1.29 is 40.3 Å². The molecular weight excluding hydrogens is 624 g/mol. The number of halogens is 6. The number of likely N-dealkylation sites (tertiary alicyclic amines) is 3. The standard InChI is InChI=1S/C35H37F6N3O3/c36-34(37,38)27-17-26(18-28(19-27)35(39,40)41)32(46)44-14-8-29(20-30(44)16-24-6-2-1-3-7-24)42-12-4-10-33(22-42)11-5-13-43(23-33)31(45)25-9-15-47-21-25/h1-3,6-7,9,15,17-19,21,29-30H,4-5,8,10-14,16,20,22-23H2. The van der Waals surface area contributed by atoms with Gasteiger partial charge >= 0.3 is 12.4 Å². The Morgan fingerprint density at radius 1 is 0.809 bits per heavy atom. The topological polar surface area (TPSA) is 57.0 Å². The first-order chi connectivity index (χ1) is 22.3. The van der Waals surface area contributed by atoms with Crippen molar-refractivity contribution in [2.24, 2.45) is 5.41 Å². The molecule has 0 saturated carbocycles. The second kappa shape index (κ2) is 13.0. The van der Waals surface area contributed by atoms with Crippen LogP contribution in [0.4, 0.5) is 26.3 Å². The number of piperidine rings is 3. The average molecular weight is 662 g/mol. The van der Waals surface area contributed by atoms with E-state index in [2.05, 4.69) is 4.90 Å². The van der Waals surface area contributed by atoms with Crippen LogP contribution in [0.25, 0.3) is 0 Å².